The Morgan fingerprint density at radius 2 is 2.16 bits per heavy atom. The number of aromatic amines is 1. The molecule has 0 aromatic carbocycles. The molecule has 4 N–H and O–H groups in total. The number of carbonyl (C=O) groups excluding carboxylic acids is 2. The van der Waals surface area contributed by atoms with Gasteiger partial charge in [-0.05, 0) is 50.3 Å². The molecule has 31 heavy (non-hydrogen) atoms. The van der Waals surface area contributed by atoms with Gasteiger partial charge in [-0.25, -0.2) is 9.67 Å². The van der Waals surface area contributed by atoms with Crippen LogP contribution in [0.1, 0.15) is 37.9 Å². The molecule has 162 valence electrons. The lowest BCUT2D eigenvalue weighted by Gasteiger charge is -2.45. The second-order valence-corrected chi connectivity index (χ2v) is 8.29. The lowest BCUT2D eigenvalue weighted by Crippen LogP contribution is -2.55. The highest BCUT2D eigenvalue weighted by molar-refractivity contribution is 6.39. The molecule has 1 saturated heterocycles. The van der Waals surface area contributed by atoms with Crippen LogP contribution in [0.2, 0.25) is 0 Å². The summed E-state index contributed by atoms with van der Waals surface area (Å²) in [5, 5.41) is 14.2. The molecule has 2 atom stereocenters. The number of hydrogen-bond acceptors (Lipinski definition) is 6. The Hall–Kier alpha value is -3.69. The Morgan fingerprint density at radius 1 is 1.35 bits per heavy atom. The third-order valence-electron chi connectivity index (χ3n) is 5.89. The Balaban J connectivity index is 1.59. The summed E-state index contributed by atoms with van der Waals surface area (Å²) in [6.07, 6.45) is 6.59. The first kappa shape index (κ1) is 20.6. The van der Waals surface area contributed by atoms with Gasteiger partial charge in [0.2, 0.25) is 0 Å². The third kappa shape index (κ3) is 3.88. The van der Waals surface area contributed by atoms with E-state index in [1.807, 2.05) is 13.0 Å². The topological polar surface area (TPSA) is 135 Å². The van der Waals surface area contributed by atoms with E-state index < -0.39 is 17.4 Å². The Morgan fingerprint density at radius 3 is 2.87 bits per heavy atom. The number of anilines is 2. The molecule has 0 saturated carbocycles. The van der Waals surface area contributed by atoms with Gasteiger partial charge in [0.05, 0.1) is 23.1 Å². The van der Waals surface area contributed by atoms with Crippen LogP contribution in [0, 0.1) is 12.8 Å². The highest BCUT2D eigenvalue weighted by atomic mass is 16.2. The Labute approximate surface area is 179 Å². The zero-order valence-corrected chi connectivity index (χ0v) is 17.8. The standard InChI is InChI=1S/C21H26N8O2/c1-13-4-7-21(3,16-6-9-29(27-16)17-5-8-24-26-17)28(12-13)20(31)19(30)25-15-10-14(2)18(22)23-11-15/h5-6,8-11,13H,4,7,12H2,1-3H3,(H2,22,23)(H,24,26)(H,25,30)/t13-,21-/m0/s1. The molecule has 1 fully saturated rings. The van der Waals surface area contributed by atoms with E-state index in [9.17, 15) is 9.59 Å². The van der Waals surface area contributed by atoms with Crippen molar-refractivity contribution in [1.82, 2.24) is 29.9 Å². The molecule has 0 spiro atoms. The molecule has 4 heterocycles. The second kappa shape index (κ2) is 7.86. The zero-order chi connectivity index (χ0) is 22.2. The van der Waals surface area contributed by atoms with E-state index in [1.54, 1.807) is 41.0 Å². The van der Waals surface area contributed by atoms with E-state index in [0.29, 0.717) is 36.0 Å². The number of nitrogens with zero attached hydrogens (tertiary/aromatic N) is 5. The van der Waals surface area contributed by atoms with Gasteiger partial charge < -0.3 is 16.0 Å². The number of aryl methyl sites for hydroxylation is 1. The number of likely N-dealkylation sites (tertiary alicyclic amines) is 1. The Bertz CT molecular complexity index is 1110. The van der Waals surface area contributed by atoms with E-state index in [2.05, 4.69) is 32.5 Å². The first-order valence-corrected chi connectivity index (χ1v) is 10.2. The predicted molar refractivity (Wildman–Crippen MR) is 115 cm³/mol. The molecule has 3 aromatic heterocycles. The second-order valence-electron chi connectivity index (χ2n) is 8.29. The van der Waals surface area contributed by atoms with Crippen molar-refractivity contribution in [3.63, 3.8) is 0 Å². The molecule has 0 bridgehead atoms. The van der Waals surface area contributed by atoms with Gasteiger partial charge in [-0.1, -0.05) is 6.92 Å². The van der Waals surface area contributed by atoms with Crippen LogP contribution in [0.25, 0.3) is 5.82 Å². The molecule has 1 aliphatic rings. The number of hydrogen-bond donors (Lipinski definition) is 3. The molecule has 10 heteroatoms. The van der Waals surface area contributed by atoms with Gasteiger partial charge in [0, 0.05) is 25.0 Å². The average molecular weight is 422 g/mol. The molecular formula is C21H26N8O2. The molecule has 10 nitrogen and oxygen atoms in total. The number of H-pyrrole nitrogens is 1. The van der Waals surface area contributed by atoms with Gasteiger partial charge in [-0.2, -0.15) is 10.2 Å². The van der Waals surface area contributed by atoms with Crippen LogP contribution < -0.4 is 11.1 Å². The van der Waals surface area contributed by atoms with Gasteiger partial charge in [0.25, 0.3) is 0 Å². The molecule has 0 aliphatic carbocycles. The van der Waals surface area contributed by atoms with E-state index >= 15 is 0 Å². The SMILES string of the molecule is Cc1cc(NC(=O)C(=O)N2C[C@@H](C)CC[C@@]2(C)c2ccn(-c3cc[nH]n3)n2)cnc1N. The normalized spacial score (nSPS) is 21.1. The maximum atomic E-state index is 13.2. The van der Waals surface area contributed by atoms with Gasteiger partial charge in [-0.3, -0.25) is 14.7 Å². The minimum atomic E-state index is -0.711. The summed E-state index contributed by atoms with van der Waals surface area (Å²) < 4.78 is 1.65. The van der Waals surface area contributed by atoms with Crippen LogP contribution in [0.4, 0.5) is 11.5 Å². The highest BCUT2D eigenvalue weighted by Crippen LogP contribution is 2.38. The summed E-state index contributed by atoms with van der Waals surface area (Å²) in [5.74, 6) is 0.00434. The number of amides is 2. The lowest BCUT2D eigenvalue weighted by molar-refractivity contribution is -0.150. The van der Waals surface area contributed by atoms with Crippen LogP contribution >= 0.6 is 0 Å². The molecular weight excluding hydrogens is 396 g/mol. The number of nitrogen functional groups attached to an aromatic ring is 1. The first-order chi connectivity index (χ1) is 14.8. The van der Waals surface area contributed by atoms with E-state index in [0.717, 1.165) is 12.0 Å². The number of rotatable bonds is 3. The van der Waals surface area contributed by atoms with Gasteiger partial charge in [-0.15, -0.1) is 0 Å². The quantitative estimate of drug-likeness (QED) is 0.553. The van der Waals surface area contributed by atoms with Crippen LogP contribution in [-0.2, 0) is 15.1 Å². The third-order valence-corrected chi connectivity index (χ3v) is 5.89. The van der Waals surface area contributed by atoms with Crippen LogP contribution in [0.3, 0.4) is 0 Å². The maximum absolute atomic E-state index is 13.2. The number of piperidine rings is 1. The fourth-order valence-electron chi connectivity index (χ4n) is 3.92. The van der Waals surface area contributed by atoms with Crippen LogP contribution in [-0.4, -0.2) is 48.2 Å². The predicted octanol–water partition coefficient (Wildman–Crippen LogP) is 1.99. The number of carbonyl (C=O) groups is 2. The molecule has 4 rings (SSSR count). The van der Waals surface area contributed by atoms with Crippen molar-refractivity contribution in [3.8, 4) is 5.82 Å². The van der Waals surface area contributed by atoms with Crippen LogP contribution in [0.5, 0.6) is 0 Å². The highest BCUT2D eigenvalue weighted by Gasteiger charge is 2.44. The zero-order valence-electron chi connectivity index (χ0n) is 17.8. The van der Waals surface area contributed by atoms with Crippen molar-refractivity contribution in [2.75, 3.05) is 17.6 Å². The minimum Gasteiger partial charge on any atom is -0.383 e. The molecule has 3 aromatic rings. The maximum Gasteiger partial charge on any atom is 0.313 e. The van der Waals surface area contributed by atoms with Crippen molar-refractivity contribution < 1.29 is 9.59 Å². The number of pyridine rings is 1. The molecule has 1 aliphatic heterocycles. The van der Waals surface area contributed by atoms with Crippen molar-refractivity contribution >= 4 is 23.3 Å². The summed E-state index contributed by atoms with van der Waals surface area (Å²) in [5.41, 5.74) is 6.90. The molecule has 0 radical (unpaired) electrons. The summed E-state index contributed by atoms with van der Waals surface area (Å²) >= 11 is 0. The fraction of sp³-hybridized carbons (Fsp3) is 0.381. The minimum absolute atomic E-state index is 0.277. The monoisotopic (exact) mass is 422 g/mol. The summed E-state index contributed by atoms with van der Waals surface area (Å²) in [6.45, 7) is 6.29. The van der Waals surface area contributed by atoms with E-state index in [4.69, 9.17) is 5.73 Å². The largest absolute Gasteiger partial charge is 0.383 e. The van der Waals surface area contributed by atoms with Gasteiger partial charge in [0.15, 0.2) is 5.82 Å². The lowest BCUT2D eigenvalue weighted by atomic mass is 9.81. The van der Waals surface area contributed by atoms with E-state index in [-0.39, 0.29) is 5.92 Å². The Kier molecular flexibility index (Phi) is 5.22. The molecule has 0 unspecified atom stereocenters. The number of nitrogens with two attached hydrogens (primary N) is 1. The summed E-state index contributed by atoms with van der Waals surface area (Å²) in [4.78, 5) is 31.7. The number of aromatic nitrogens is 5. The summed E-state index contributed by atoms with van der Waals surface area (Å²) in [7, 11) is 0. The summed E-state index contributed by atoms with van der Waals surface area (Å²) in [6, 6.07) is 5.37. The molecule has 2 amide bonds. The van der Waals surface area contributed by atoms with Gasteiger partial charge >= 0.3 is 11.8 Å². The number of nitrogens with one attached hydrogen (secondary N) is 2. The fourth-order valence-corrected chi connectivity index (χ4v) is 3.92. The van der Waals surface area contributed by atoms with Crippen molar-refractivity contribution in [1.29, 1.82) is 0 Å². The smallest absolute Gasteiger partial charge is 0.313 e. The van der Waals surface area contributed by atoms with Crippen molar-refractivity contribution in [2.45, 2.75) is 39.2 Å². The van der Waals surface area contributed by atoms with E-state index in [1.165, 1.54) is 6.20 Å². The van der Waals surface area contributed by atoms with Gasteiger partial charge in [0.1, 0.15) is 5.82 Å². The first-order valence-electron chi connectivity index (χ1n) is 10.2. The van der Waals surface area contributed by atoms with Crippen molar-refractivity contribution in [3.05, 3.63) is 48.0 Å². The van der Waals surface area contributed by atoms with Crippen LogP contribution in [0.15, 0.2) is 36.8 Å². The average Bonchev–Trinajstić information content (AvgIpc) is 3.44. The van der Waals surface area contributed by atoms with Crippen molar-refractivity contribution in [2.24, 2.45) is 5.92 Å².